The number of hydrogen-bond donors (Lipinski definition) is 1. The highest BCUT2D eigenvalue weighted by atomic mass is 16.5. The van der Waals surface area contributed by atoms with Gasteiger partial charge in [-0.3, -0.25) is 0 Å². The van der Waals surface area contributed by atoms with Gasteiger partial charge < -0.3 is 9.84 Å². The quantitative estimate of drug-likeness (QED) is 0.823. The molecule has 2 rings (SSSR count). The number of carboxylic acid groups (broad SMARTS) is 1. The molecule has 1 saturated carbocycles. The minimum atomic E-state index is -0.897. The molecule has 1 aliphatic carbocycles. The molecule has 0 bridgehead atoms. The lowest BCUT2D eigenvalue weighted by Gasteiger charge is -2.07. The predicted octanol–water partition coefficient (Wildman–Crippen LogP) is 2.49. The zero-order chi connectivity index (χ0) is 10.8. The molecule has 0 heterocycles. The molecular weight excluding hydrogens is 192 g/mol. The second-order valence-corrected chi connectivity index (χ2v) is 3.84. The molecular formula is C12H14O3. The van der Waals surface area contributed by atoms with E-state index in [2.05, 4.69) is 0 Å². The van der Waals surface area contributed by atoms with E-state index >= 15 is 0 Å². The maximum Gasteiger partial charge on any atom is 0.335 e. The van der Waals surface area contributed by atoms with Crippen LogP contribution in [-0.2, 0) is 6.42 Å². The SMILES string of the molecule is CCc1cc(OC2CC2)cc(C(=O)O)c1. The zero-order valence-electron chi connectivity index (χ0n) is 8.69. The van der Waals surface area contributed by atoms with E-state index in [0.29, 0.717) is 17.4 Å². The first-order valence-electron chi connectivity index (χ1n) is 5.23. The minimum Gasteiger partial charge on any atom is -0.490 e. The monoisotopic (exact) mass is 206 g/mol. The first kappa shape index (κ1) is 10.0. The van der Waals surface area contributed by atoms with Crippen molar-refractivity contribution in [3.8, 4) is 5.75 Å². The van der Waals surface area contributed by atoms with Gasteiger partial charge in [0.2, 0.25) is 0 Å². The Bertz CT molecular complexity index is 380. The largest absolute Gasteiger partial charge is 0.490 e. The number of carboxylic acids is 1. The fraction of sp³-hybridized carbons (Fsp3) is 0.417. The van der Waals surface area contributed by atoms with Crippen LogP contribution in [0.25, 0.3) is 0 Å². The van der Waals surface area contributed by atoms with Crippen molar-refractivity contribution in [2.75, 3.05) is 0 Å². The number of aromatic carboxylic acids is 1. The highest BCUT2D eigenvalue weighted by Crippen LogP contribution is 2.28. The molecule has 3 nitrogen and oxygen atoms in total. The van der Waals surface area contributed by atoms with Gasteiger partial charge >= 0.3 is 5.97 Å². The molecule has 15 heavy (non-hydrogen) atoms. The Labute approximate surface area is 88.7 Å². The van der Waals surface area contributed by atoms with Crippen molar-refractivity contribution in [1.82, 2.24) is 0 Å². The van der Waals surface area contributed by atoms with Crippen LogP contribution in [0, 0.1) is 0 Å². The fourth-order valence-corrected chi connectivity index (χ4v) is 1.43. The van der Waals surface area contributed by atoms with Gasteiger partial charge in [0, 0.05) is 0 Å². The molecule has 1 aromatic rings. The highest BCUT2D eigenvalue weighted by molar-refractivity contribution is 5.88. The van der Waals surface area contributed by atoms with Crippen LogP contribution in [0.3, 0.4) is 0 Å². The van der Waals surface area contributed by atoms with E-state index in [1.165, 1.54) is 0 Å². The third-order valence-electron chi connectivity index (χ3n) is 2.45. The molecule has 1 aliphatic rings. The van der Waals surface area contributed by atoms with E-state index in [1.807, 2.05) is 13.0 Å². The van der Waals surface area contributed by atoms with E-state index in [1.54, 1.807) is 12.1 Å². The lowest BCUT2D eigenvalue weighted by Crippen LogP contribution is -2.01. The molecule has 0 amide bonds. The zero-order valence-corrected chi connectivity index (χ0v) is 8.69. The van der Waals surface area contributed by atoms with Crippen LogP contribution < -0.4 is 4.74 Å². The fourth-order valence-electron chi connectivity index (χ4n) is 1.43. The summed E-state index contributed by atoms with van der Waals surface area (Å²) >= 11 is 0. The van der Waals surface area contributed by atoms with Gasteiger partial charge in [-0.15, -0.1) is 0 Å². The molecule has 0 saturated heterocycles. The lowest BCUT2D eigenvalue weighted by molar-refractivity contribution is 0.0696. The molecule has 0 aromatic heterocycles. The number of rotatable bonds is 4. The summed E-state index contributed by atoms with van der Waals surface area (Å²) in [6.07, 6.45) is 3.29. The Balaban J connectivity index is 2.27. The van der Waals surface area contributed by atoms with Gasteiger partial charge in [-0.2, -0.15) is 0 Å². The number of carbonyl (C=O) groups is 1. The molecule has 0 spiro atoms. The summed E-state index contributed by atoms with van der Waals surface area (Å²) in [7, 11) is 0. The van der Waals surface area contributed by atoms with Gasteiger partial charge in [0.05, 0.1) is 11.7 Å². The third-order valence-corrected chi connectivity index (χ3v) is 2.45. The first-order chi connectivity index (χ1) is 7.19. The van der Waals surface area contributed by atoms with Crippen molar-refractivity contribution in [2.24, 2.45) is 0 Å². The Morgan fingerprint density at radius 3 is 2.73 bits per heavy atom. The first-order valence-corrected chi connectivity index (χ1v) is 5.23. The third kappa shape index (κ3) is 2.49. The van der Waals surface area contributed by atoms with E-state index in [4.69, 9.17) is 9.84 Å². The second kappa shape index (κ2) is 3.93. The molecule has 1 fully saturated rings. The van der Waals surface area contributed by atoms with Gasteiger partial charge in [-0.25, -0.2) is 4.79 Å². The summed E-state index contributed by atoms with van der Waals surface area (Å²) < 4.78 is 5.60. The van der Waals surface area contributed by atoms with Crippen LogP contribution in [0.2, 0.25) is 0 Å². The highest BCUT2D eigenvalue weighted by Gasteiger charge is 2.23. The van der Waals surface area contributed by atoms with Crippen LogP contribution in [0.4, 0.5) is 0 Å². The van der Waals surface area contributed by atoms with Gasteiger partial charge in [0.25, 0.3) is 0 Å². The molecule has 80 valence electrons. The number of hydrogen-bond acceptors (Lipinski definition) is 2. The standard InChI is InChI=1S/C12H14O3/c1-2-8-5-9(12(13)14)7-11(6-8)15-10-3-4-10/h5-7,10H,2-4H2,1H3,(H,13,14). The van der Waals surface area contributed by atoms with Crippen LogP contribution in [0.15, 0.2) is 18.2 Å². The smallest absolute Gasteiger partial charge is 0.335 e. The molecule has 0 aliphatic heterocycles. The van der Waals surface area contributed by atoms with Crippen molar-refractivity contribution >= 4 is 5.97 Å². The summed E-state index contributed by atoms with van der Waals surface area (Å²) in [6, 6.07) is 5.21. The normalized spacial score (nSPS) is 15.0. The van der Waals surface area contributed by atoms with Gasteiger partial charge in [-0.05, 0) is 43.0 Å². The van der Waals surface area contributed by atoms with Gasteiger partial charge in [-0.1, -0.05) is 6.92 Å². The lowest BCUT2D eigenvalue weighted by atomic mass is 10.1. The number of aryl methyl sites for hydroxylation is 1. The van der Waals surface area contributed by atoms with Gasteiger partial charge in [0.15, 0.2) is 0 Å². The van der Waals surface area contributed by atoms with E-state index < -0.39 is 5.97 Å². The summed E-state index contributed by atoms with van der Waals surface area (Å²) in [5.74, 6) is -0.208. The molecule has 1 aromatic carbocycles. The summed E-state index contributed by atoms with van der Waals surface area (Å²) in [5.41, 5.74) is 1.32. The van der Waals surface area contributed by atoms with Crippen molar-refractivity contribution in [2.45, 2.75) is 32.3 Å². The predicted molar refractivity (Wildman–Crippen MR) is 56.4 cm³/mol. The molecule has 0 atom stereocenters. The second-order valence-electron chi connectivity index (χ2n) is 3.84. The maximum atomic E-state index is 10.9. The average molecular weight is 206 g/mol. The Kier molecular flexibility index (Phi) is 2.62. The molecule has 0 unspecified atom stereocenters. The van der Waals surface area contributed by atoms with E-state index in [0.717, 1.165) is 24.8 Å². The van der Waals surface area contributed by atoms with Crippen LogP contribution in [0.1, 0.15) is 35.7 Å². The number of ether oxygens (including phenoxy) is 1. The Hall–Kier alpha value is -1.51. The minimum absolute atomic E-state index is 0.304. The van der Waals surface area contributed by atoms with Crippen LogP contribution in [0.5, 0.6) is 5.75 Å². The van der Waals surface area contributed by atoms with Crippen LogP contribution in [-0.4, -0.2) is 17.2 Å². The van der Waals surface area contributed by atoms with Crippen molar-refractivity contribution in [3.05, 3.63) is 29.3 Å². The van der Waals surface area contributed by atoms with Crippen molar-refractivity contribution < 1.29 is 14.6 Å². The maximum absolute atomic E-state index is 10.9. The molecule has 3 heteroatoms. The van der Waals surface area contributed by atoms with Crippen molar-refractivity contribution in [3.63, 3.8) is 0 Å². The molecule has 1 N–H and O–H groups in total. The van der Waals surface area contributed by atoms with E-state index in [-0.39, 0.29) is 0 Å². The Morgan fingerprint density at radius 1 is 1.47 bits per heavy atom. The summed E-state index contributed by atoms with van der Waals surface area (Å²) in [6.45, 7) is 2.00. The van der Waals surface area contributed by atoms with Crippen LogP contribution >= 0.6 is 0 Å². The summed E-state index contributed by atoms with van der Waals surface area (Å²) in [4.78, 5) is 10.9. The molecule has 0 radical (unpaired) electrons. The number of benzene rings is 1. The van der Waals surface area contributed by atoms with Crippen molar-refractivity contribution in [1.29, 1.82) is 0 Å². The Morgan fingerprint density at radius 2 is 2.20 bits per heavy atom. The summed E-state index contributed by atoms with van der Waals surface area (Å²) in [5, 5.41) is 8.92. The average Bonchev–Trinajstić information content (AvgIpc) is 3.01. The van der Waals surface area contributed by atoms with E-state index in [9.17, 15) is 4.79 Å². The van der Waals surface area contributed by atoms with Gasteiger partial charge in [0.1, 0.15) is 5.75 Å². The topological polar surface area (TPSA) is 46.5 Å².